The number of methoxy groups -OCH3 is 1. The van der Waals surface area contributed by atoms with Crippen molar-refractivity contribution in [3.05, 3.63) is 48.8 Å². The third kappa shape index (κ3) is 7.31. The van der Waals surface area contributed by atoms with Crippen LogP contribution < -0.4 is 0 Å². The summed E-state index contributed by atoms with van der Waals surface area (Å²) in [4.78, 5) is 0. The van der Waals surface area contributed by atoms with E-state index < -0.39 is 5.60 Å². The molecule has 114 valence electrons. The summed E-state index contributed by atoms with van der Waals surface area (Å²) < 4.78 is 17.0. The molecule has 1 atom stereocenters. The van der Waals surface area contributed by atoms with Crippen LogP contribution in [0.25, 0.3) is 0 Å². The highest BCUT2D eigenvalue weighted by atomic mass is 16.6. The predicted molar refractivity (Wildman–Crippen MR) is 84.7 cm³/mol. The molecule has 3 nitrogen and oxygen atoms in total. The quantitative estimate of drug-likeness (QED) is 0.262. The lowest BCUT2D eigenvalue weighted by Crippen LogP contribution is -2.43. The fraction of sp³-hybridized carbons (Fsp3) is 0.529. The third-order valence-electron chi connectivity index (χ3n) is 2.79. The Kier molecular flexibility index (Phi) is 9.77. The minimum absolute atomic E-state index is 0.160. The highest BCUT2D eigenvalue weighted by Gasteiger charge is 2.32. The summed E-state index contributed by atoms with van der Waals surface area (Å²) in [5.41, 5.74) is -0.488. The van der Waals surface area contributed by atoms with Gasteiger partial charge in [-0.3, -0.25) is 0 Å². The normalized spacial score (nSPS) is 14.9. The Balaban J connectivity index is 4.68. The number of hydrogen-bond acceptors (Lipinski definition) is 3. The summed E-state index contributed by atoms with van der Waals surface area (Å²) in [5, 5.41) is 0. The van der Waals surface area contributed by atoms with Gasteiger partial charge in [-0.2, -0.15) is 0 Å². The molecule has 0 saturated heterocycles. The molecule has 0 saturated carbocycles. The molecule has 3 heteroatoms. The molecule has 0 bridgehead atoms. The van der Waals surface area contributed by atoms with Crippen molar-refractivity contribution < 1.29 is 14.2 Å². The van der Waals surface area contributed by atoms with Gasteiger partial charge in [0.2, 0.25) is 0 Å². The van der Waals surface area contributed by atoms with Crippen molar-refractivity contribution in [3.8, 4) is 0 Å². The second kappa shape index (κ2) is 10.5. The van der Waals surface area contributed by atoms with Gasteiger partial charge in [0, 0.05) is 7.11 Å². The molecule has 0 radical (unpaired) electrons. The van der Waals surface area contributed by atoms with Crippen LogP contribution >= 0.6 is 0 Å². The lowest BCUT2D eigenvalue weighted by molar-refractivity contribution is -0.112. The van der Waals surface area contributed by atoms with Crippen molar-refractivity contribution in [2.45, 2.75) is 39.4 Å². The van der Waals surface area contributed by atoms with Gasteiger partial charge in [0.25, 0.3) is 0 Å². The molecule has 1 unspecified atom stereocenters. The first kappa shape index (κ1) is 18.7. The molecular formula is C17H28O3. The van der Waals surface area contributed by atoms with Crippen molar-refractivity contribution in [1.82, 2.24) is 0 Å². The molecule has 0 rings (SSSR count). The van der Waals surface area contributed by atoms with Crippen molar-refractivity contribution in [2.75, 3.05) is 20.3 Å². The lowest BCUT2D eigenvalue weighted by atomic mass is 10.0. The van der Waals surface area contributed by atoms with E-state index in [1.165, 1.54) is 0 Å². The number of rotatable bonds is 10. The van der Waals surface area contributed by atoms with Crippen LogP contribution in [0.3, 0.4) is 0 Å². The van der Waals surface area contributed by atoms with Crippen LogP contribution in [0.1, 0.15) is 27.7 Å². The summed E-state index contributed by atoms with van der Waals surface area (Å²) in [6.45, 7) is 12.5. The summed E-state index contributed by atoms with van der Waals surface area (Å²) in [5.74, 6) is 0.805. The maximum absolute atomic E-state index is 6.03. The van der Waals surface area contributed by atoms with E-state index in [4.69, 9.17) is 14.2 Å². The van der Waals surface area contributed by atoms with Crippen molar-refractivity contribution in [1.29, 1.82) is 0 Å². The zero-order valence-electron chi connectivity index (χ0n) is 13.4. The predicted octanol–water partition coefficient (Wildman–Crippen LogP) is 4.04. The van der Waals surface area contributed by atoms with Gasteiger partial charge < -0.3 is 14.2 Å². The highest BCUT2D eigenvalue weighted by molar-refractivity contribution is 5.17. The first-order valence-corrected chi connectivity index (χ1v) is 6.88. The minimum atomic E-state index is -0.488. The van der Waals surface area contributed by atoms with Gasteiger partial charge >= 0.3 is 0 Å². The van der Waals surface area contributed by atoms with Gasteiger partial charge in [0.05, 0.1) is 13.2 Å². The van der Waals surface area contributed by atoms with Crippen molar-refractivity contribution in [3.63, 3.8) is 0 Å². The second-order valence-electron chi connectivity index (χ2n) is 4.83. The summed E-state index contributed by atoms with van der Waals surface area (Å²) in [7, 11) is 1.66. The average molecular weight is 280 g/mol. The lowest BCUT2D eigenvalue weighted by Gasteiger charge is -2.34. The Morgan fingerprint density at radius 2 is 1.95 bits per heavy atom. The maximum atomic E-state index is 6.03. The van der Waals surface area contributed by atoms with E-state index in [-0.39, 0.29) is 6.10 Å². The van der Waals surface area contributed by atoms with Crippen LogP contribution in [0.4, 0.5) is 0 Å². The molecule has 0 heterocycles. The molecule has 0 aromatic carbocycles. The van der Waals surface area contributed by atoms with E-state index >= 15 is 0 Å². The molecule has 0 aromatic heterocycles. The van der Waals surface area contributed by atoms with Gasteiger partial charge in [-0.15, -0.1) is 6.58 Å². The van der Waals surface area contributed by atoms with E-state index in [0.29, 0.717) is 13.2 Å². The highest BCUT2D eigenvalue weighted by Crippen LogP contribution is 2.22. The Hall–Kier alpha value is -1.32. The second-order valence-corrected chi connectivity index (χ2v) is 4.83. The van der Waals surface area contributed by atoms with Crippen LogP contribution in [0.5, 0.6) is 0 Å². The van der Waals surface area contributed by atoms with E-state index in [0.717, 1.165) is 5.76 Å². The monoisotopic (exact) mass is 280 g/mol. The molecule has 0 N–H and O–H groups in total. The first-order chi connectivity index (χ1) is 9.51. The van der Waals surface area contributed by atoms with Crippen LogP contribution in [0.15, 0.2) is 48.8 Å². The summed E-state index contributed by atoms with van der Waals surface area (Å²) >= 11 is 0. The molecule has 0 aliphatic rings. The van der Waals surface area contributed by atoms with Crippen LogP contribution in [-0.2, 0) is 14.2 Å². The number of ether oxygens (including phenoxy) is 3. The zero-order chi connectivity index (χ0) is 15.4. The molecule has 20 heavy (non-hydrogen) atoms. The van der Waals surface area contributed by atoms with E-state index in [1.807, 2.05) is 58.1 Å². The minimum Gasteiger partial charge on any atom is -0.485 e. The van der Waals surface area contributed by atoms with Crippen LogP contribution in [0.2, 0.25) is 0 Å². The smallest absolute Gasteiger partial charge is 0.132 e. The van der Waals surface area contributed by atoms with Crippen molar-refractivity contribution in [2.24, 2.45) is 0 Å². The third-order valence-corrected chi connectivity index (χ3v) is 2.79. The Morgan fingerprint density at radius 3 is 2.45 bits per heavy atom. The SMILES string of the molecule is C=CCOCC(OC)C(C)(C)OC(/C=C\C=C/C)=C/C. The fourth-order valence-electron chi connectivity index (χ4n) is 1.63. The van der Waals surface area contributed by atoms with Crippen molar-refractivity contribution >= 4 is 0 Å². The molecule has 0 aliphatic carbocycles. The maximum Gasteiger partial charge on any atom is 0.132 e. The topological polar surface area (TPSA) is 27.7 Å². The standard InChI is InChI=1S/C17H28O3/c1-7-10-11-12-15(9-3)20-17(4,5)16(18-6)14-19-13-8-2/h7-12,16H,2,13-14H2,1,3-6H3/b10-7-,12-11-,15-9+. The van der Waals surface area contributed by atoms with Gasteiger partial charge in [-0.25, -0.2) is 0 Å². The fourth-order valence-corrected chi connectivity index (χ4v) is 1.63. The molecule has 0 fully saturated rings. The van der Waals surface area contributed by atoms with Gasteiger partial charge in [0.1, 0.15) is 17.5 Å². The van der Waals surface area contributed by atoms with E-state index in [1.54, 1.807) is 13.2 Å². The zero-order valence-corrected chi connectivity index (χ0v) is 13.4. The Labute approximate surface area is 123 Å². The largest absolute Gasteiger partial charge is 0.485 e. The van der Waals surface area contributed by atoms with Gasteiger partial charge in [-0.1, -0.05) is 24.3 Å². The molecule has 0 amide bonds. The van der Waals surface area contributed by atoms with Crippen LogP contribution in [-0.4, -0.2) is 32.0 Å². The number of allylic oxidation sites excluding steroid dienone is 5. The Morgan fingerprint density at radius 1 is 1.25 bits per heavy atom. The van der Waals surface area contributed by atoms with E-state index in [2.05, 4.69) is 6.58 Å². The van der Waals surface area contributed by atoms with Crippen LogP contribution in [0, 0.1) is 0 Å². The first-order valence-electron chi connectivity index (χ1n) is 6.88. The molecular weight excluding hydrogens is 252 g/mol. The molecule has 0 spiro atoms. The van der Waals surface area contributed by atoms with Gasteiger partial charge in [0.15, 0.2) is 0 Å². The summed E-state index contributed by atoms with van der Waals surface area (Å²) in [6.07, 6.45) is 11.3. The van der Waals surface area contributed by atoms with Gasteiger partial charge in [-0.05, 0) is 39.8 Å². The average Bonchev–Trinajstić information content (AvgIpc) is 2.42. The Bertz CT molecular complexity index is 351. The molecule has 0 aromatic rings. The summed E-state index contributed by atoms with van der Waals surface area (Å²) in [6, 6.07) is 0. The number of hydrogen-bond donors (Lipinski definition) is 0. The molecule has 0 aliphatic heterocycles. The van der Waals surface area contributed by atoms with E-state index in [9.17, 15) is 0 Å².